The van der Waals surface area contributed by atoms with E-state index in [-0.39, 0.29) is 50.4 Å². The summed E-state index contributed by atoms with van der Waals surface area (Å²) in [6.45, 7) is 0.367. The van der Waals surface area contributed by atoms with Gasteiger partial charge in [-0.3, -0.25) is 9.36 Å². The molecule has 0 bridgehead atoms. The lowest BCUT2D eigenvalue weighted by atomic mass is 10.5. The Balaban J connectivity index is 0.00000220. The van der Waals surface area contributed by atoms with Crippen molar-refractivity contribution in [1.82, 2.24) is 14.1 Å². The third-order valence-electron chi connectivity index (χ3n) is 2.81. The molecule has 114 valence electrons. The standard InChI is InChI=1S/C12H15N5O3.ClH/c1-3-4-17-11(19)9-10(14-12(17)13)16(7-15(9)2)8-20-6-5-18;/h1,7,18H,4-6,8H2,2H3,(H-,13,14,19);1H. The van der Waals surface area contributed by atoms with Crippen LogP contribution in [0.4, 0.5) is 5.95 Å². The van der Waals surface area contributed by atoms with Gasteiger partial charge in [-0.05, 0) is 0 Å². The van der Waals surface area contributed by atoms with Gasteiger partial charge in [-0.25, -0.2) is 9.13 Å². The van der Waals surface area contributed by atoms with Crippen LogP contribution in [-0.4, -0.2) is 32.4 Å². The molecule has 0 saturated heterocycles. The lowest BCUT2D eigenvalue weighted by molar-refractivity contribution is -0.711. The fraction of sp³-hybridized carbons (Fsp3) is 0.417. The summed E-state index contributed by atoms with van der Waals surface area (Å²) < 4.78 is 9.74. The maximum Gasteiger partial charge on any atom is 0.313 e. The summed E-state index contributed by atoms with van der Waals surface area (Å²) in [5.74, 6) is 2.43. The first-order valence-electron chi connectivity index (χ1n) is 5.97. The molecule has 0 fully saturated rings. The van der Waals surface area contributed by atoms with Crippen LogP contribution in [0.1, 0.15) is 0 Å². The first kappa shape index (κ1) is 17.0. The summed E-state index contributed by atoms with van der Waals surface area (Å²) >= 11 is 0. The molecular formula is C12H16ClN5O3. The van der Waals surface area contributed by atoms with Crippen LogP contribution >= 0.6 is 0 Å². The van der Waals surface area contributed by atoms with E-state index in [1.807, 2.05) is 0 Å². The highest BCUT2D eigenvalue weighted by molar-refractivity contribution is 5.67. The van der Waals surface area contributed by atoms with Crippen LogP contribution in [0.5, 0.6) is 0 Å². The van der Waals surface area contributed by atoms with Gasteiger partial charge in [-0.1, -0.05) is 10.9 Å². The zero-order valence-electron chi connectivity index (χ0n) is 11.5. The summed E-state index contributed by atoms with van der Waals surface area (Å²) in [5.41, 5.74) is 6.27. The fourth-order valence-electron chi connectivity index (χ4n) is 1.95. The van der Waals surface area contributed by atoms with Crippen LogP contribution in [0.2, 0.25) is 0 Å². The van der Waals surface area contributed by atoms with Crippen LogP contribution in [0, 0.1) is 12.3 Å². The SMILES string of the molecule is C#CCn1c(N)nc2c(c1=O)n(C)c[n+]2COCCO.[Cl-]. The average Bonchev–Trinajstić information content (AvgIpc) is 2.71. The number of terminal acetylenes is 1. The van der Waals surface area contributed by atoms with E-state index in [1.54, 1.807) is 22.5 Å². The lowest BCUT2D eigenvalue weighted by Gasteiger charge is -2.02. The second-order valence-electron chi connectivity index (χ2n) is 4.19. The zero-order chi connectivity index (χ0) is 14.7. The third-order valence-corrected chi connectivity index (χ3v) is 2.81. The molecule has 0 aliphatic rings. The van der Waals surface area contributed by atoms with Crippen molar-refractivity contribution < 1.29 is 26.8 Å². The summed E-state index contributed by atoms with van der Waals surface area (Å²) in [4.78, 5) is 16.5. The maximum absolute atomic E-state index is 12.3. The van der Waals surface area contributed by atoms with Gasteiger partial charge in [-0.15, -0.1) is 6.42 Å². The van der Waals surface area contributed by atoms with Crippen molar-refractivity contribution in [2.45, 2.75) is 13.3 Å². The van der Waals surface area contributed by atoms with Gasteiger partial charge in [0, 0.05) is 0 Å². The van der Waals surface area contributed by atoms with Crippen LogP contribution in [-0.2, 0) is 25.1 Å². The van der Waals surface area contributed by atoms with E-state index in [1.165, 1.54) is 4.57 Å². The molecule has 2 heterocycles. The van der Waals surface area contributed by atoms with Gasteiger partial charge < -0.3 is 28.0 Å². The number of nitrogens with two attached hydrogens (primary N) is 1. The molecule has 2 aromatic heterocycles. The second kappa shape index (κ2) is 7.08. The molecule has 0 saturated carbocycles. The van der Waals surface area contributed by atoms with E-state index >= 15 is 0 Å². The van der Waals surface area contributed by atoms with Gasteiger partial charge in [0.2, 0.25) is 5.52 Å². The zero-order valence-corrected chi connectivity index (χ0v) is 12.2. The number of aliphatic hydroxyl groups is 1. The summed E-state index contributed by atoms with van der Waals surface area (Å²) in [6.07, 6.45) is 6.89. The highest BCUT2D eigenvalue weighted by Gasteiger charge is 2.22. The van der Waals surface area contributed by atoms with Crippen LogP contribution in [0.3, 0.4) is 0 Å². The van der Waals surface area contributed by atoms with Crippen molar-refractivity contribution in [2.24, 2.45) is 7.05 Å². The van der Waals surface area contributed by atoms with Gasteiger partial charge in [0.05, 0.1) is 26.8 Å². The predicted octanol–water partition coefficient (Wildman–Crippen LogP) is -4.79. The number of halogens is 1. The predicted molar refractivity (Wildman–Crippen MR) is 71.5 cm³/mol. The number of aromatic nitrogens is 4. The van der Waals surface area contributed by atoms with Crippen LogP contribution in [0.25, 0.3) is 11.2 Å². The molecule has 2 aromatic rings. The Bertz CT molecular complexity index is 731. The van der Waals surface area contributed by atoms with Crippen molar-refractivity contribution in [3.63, 3.8) is 0 Å². The molecule has 3 N–H and O–H groups in total. The van der Waals surface area contributed by atoms with E-state index in [2.05, 4.69) is 10.9 Å². The van der Waals surface area contributed by atoms with E-state index in [4.69, 9.17) is 22.0 Å². The quantitative estimate of drug-likeness (QED) is 0.328. The van der Waals surface area contributed by atoms with E-state index < -0.39 is 0 Å². The molecule has 2 rings (SSSR count). The first-order chi connectivity index (χ1) is 9.60. The monoisotopic (exact) mass is 313 g/mol. The molecule has 8 nitrogen and oxygen atoms in total. The number of fused-ring (bicyclic) bond motifs is 1. The molecule has 0 atom stereocenters. The number of hydrogen-bond donors (Lipinski definition) is 2. The molecule has 0 spiro atoms. The Hall–Kier alpha value is -2.08. The minimum Gasteiger partial charge on any atom is -1.00 e. The Kier molecular flexibility index (Phi) is 5.72. The van der Waals surface area contributed by atoms with Crippen molar-refractivity contribution in [2.75, 3.05) is 18.9 Å². The summed E-state index contributed by atoms with van der Waals surface area (Å²) in [5, 5.41) is 8.70. The second-order valence-corrected chi connectivity index (χ2v) is 4.19. The molecule has 0 aliphatic heterocycles. The number of nitrogens with zero attached hydrogens (tertiary/aromatic N) is 4. The highest BCUT2D eigenvalue weighted by atomic mass is 35.5. The third kappa shape index (κ3) is 3.16. The Morgan fingerprint density at radius 3 is 2.95 bits per heavy atom. The van der Waals surface area contributed by atoms with Gasteiger partial charge in [-0.2, -0.15) is 0 Å². The summed E-state index contributed by atoms with van der Waals surface area (Å²) in [6, 6.07) is 0. The molecule has 0 amide bonds. The maximum atomic E-state index is 12.3. The largest absolute Gasteiger partial charge is 1.00 e. The van der Waals surface area contributed by atoms with Crippen molar-refractivity contribution in [3.8, 4) is 12.3 Å². The molecule has 0 unspecified atom stereocenters. The smallest absolute Gasteiger partial charge is 0.313 e. The van der Waals surface area contributed by atoms with Gasteiger partial charge in [0.1, 0.15) is 0 Å². The summed E-state index contributed by atoms with van der Waals surface area (Å²) in [7, 11) is 1.73. The Morgan fingerprint density at radius 1 is 1.62 bits per heavy atom. The van der Waals surface area contributed by atoms with E-state index in [0.29, 0.717) is 11.2 Å². The molecule has 0 radical (unpaired) electrons. The number of nitrogen functional groups attached to an aromatic ring is 1. The number of anilines is 1. The minimum atomic E-state index is -0.297. The van der Waals surface area contributed by atoms with E-state index in [0.717, 1.165) is 0 Å². The normalized spacial score (nSPS) is 10.3. The number of aliphatic hydroxyl groups excluding tert-OH is 1. The van der Waals surface area contributed by atoms with Crippen molar-refractivity contribution in [3.05, 3.63) is 16.7 Å². The molecule has 0 aromatic carbocycles. The van der Waals surface area contributed by atoms with Crippen LogP contribution in [0.15, 0.2) is 11.1 Å². The lowest BCUT2D eigenvalue weighted by Crippen LogP contribution is -3.00. The molecule has 9 heteroatoms. The number of aryl methyl sites for hydroxylation is 1. The van der Waals surface area contributed by atoms with Gasteiger partial charge >= 0.3 is 11.2 Å². The van der Waals surface area contributed by atoms with Crippen molar-refractivity contribution in [1.29, 1.82) is 0 Å². The number of imidazole rings is 1. The molecule has 21 heavy (non-hydrogen) atoms. The van der Waals surface area contributed by atoms with Crippen molar-refractivity contribution >= 4 is 17.1 Å². The number of rotatable bonds is 5. The fourth-order valence-corrected chi connectivity index (χ4v) is 1.95. The number of hydrogen-bond acceptors (Lipinski definition) is 5. The molecule has 0 aliphatic carbocycles. The topological polar surface area (TPSA) is 99.2 Å². The number of ether oxygens (including phenoxy) is 1. The minimum absolute atomic E-state index is 0. The Morgan fingerprint density at radius 2 is 2.33 bits per heavy atom. The van der Waals surface area contributed by atoms with Crippen LogP contribution < -0.4 is 28.3 Å². The molecular weight excluding hydrogens is 298 g/mol. The Labute approximate surface area is 127 Å². The van der Waals surface area contributed by atoms with Gasteiger partial charge in [0.25, 0.3) is 5.95 Å². The van der Waals surface area contributed by atoms with Gasteiger partial charge in [0.15, 0.2) is 13.1 Å². The first-order valence-corrected chi connectivity index (χ1v) is 5.97. The highest BCUT2D eigenvalue weighted by Crippen LogP contribution is 2.05. The average molecular weight is 314 g/mol. The van der Waals surface area contributed by atoms with E-state index in [9.17, 15) is 4.79 Å².